The minimum Gasteiger partial charge on any atom is -0.484 e. The van der Waals surface area contributed by atoms with Crippen molar-refractivity contribution in [3.05, 3.63) is 59.7 Å². The van der Waals surface area contributed by atoms with Crippen LogP contribution >= 0.6 is 0 Å². The number of nitrogens with one attached hydrogen (secondary N) is 2. The third-order valence-corrected chi connectivity index (χ3v) is 3.22. The fraction of sp³-hybridized carbons (Fsp3) is 0.263. The summed E-state index contributed by atoms with van der Waals surface area (Å²) in [5, 5.41) is 5.54. The molecule has 0 spiro atoms. The van der Waals surface area contributed by atoms with Crippen molar-refractivity contribution in [2.24, 2.45) is 0 Å². The van der Waals surface area contributed by atoms with Crippen LogP contribution < -0.4 is 15.4 Å². The molecule has 0 atom stereocenters. The van der Waals surface area contributed by atoms with E-state index in [4.69, 9.17) is 4.74 Å². The van der Waals surface area contributed by atoms with Gasteiger partial charge in [-0.25, -0.2) is 0 Å². The highest BCUT2D eigenvalue weighted by molar-refractivity contribution is 5.97. The van der Waals surface area contributed by atoms with Crippen LogP contribution in [-0.4, -0.2) is 24.5 Å². The molecule has 24 heavy (non-hydrogen) atoms. The molecule has 2 rings (SSSR count). The van der Waals surface area contributed by atoms with Crippen molar-refractivity contribution in [1.29, 1.82) is 0 Å². The van der Waals surface area contributed by atoms with Crippen molar-refractivity contribution in [3.8, 4) is 5.75 Å². The summed E-state index contributed by atoms with van der Waals surface area (Å²) in [6.07, 6.45) is 0. The maximum atomic E-state index is 12.0. The van der Waals surface area contributed by atoms with Crippen molar-refractivity contribution < 1.29 is 14.3 Å². The molecule has 5 nitrogen and oxygen atoms in total. The smallest absolute Gasteiger partial charge is 0.262 e. The van der Waals surface area contributed by atoms with Crippen LogP contribution in [0.2, 0.25) is 0 Å². The Morgan fingerprint density at radius 3 is 2.46 bits per heavy atom. The van der Waals surface area contributed by atoms with Crippen LogP contribution in [0.5, 0.6) is 5.75 Å². The molecule has 0 heterocycles. The fourth-order valence-electron chi connectivity index (χ4n) is 2.06. The van der Waals surface area contributed by atoms with E-state index in [-0.39, 0.29) is 24.5 Å². The second-order valence-electron chi connectivity index (χ2n) is 5.86. The molecule has 126 valence electrons. The lowest BCUT2D eigenvalue weighted by molar-refractivity contribution is -0.118. The highest BCUT2D eigenvalue weighted by Crippen LogP contribution is 2.13. The fourth-order valence-corrected chi connectivity index (χ4v) is 2.06. The highest BCUT2D eigenvalue weighted by atomic mass is 16.5. The first kappa shape index (κ1) is 17.5. The van der Waals surface area contributed by atoms with E-state index in [0.29, 0.717) is 17.0 Å². The third kappa shape index (κ3) is 5.43. The number of ether oxygens (including phenoxy) is 1. The van der Waals surface area contributed by atoms with Gasteiger partial charge in [-0.15, -0.1) is 0 Å². The number of amides is 2. The number of hydrogen-bond donors (Lipinski definition) is 2. The Balaban J connectivity index is 1.91. The second-order valence-corrected chi connectivity index (χ2v) is 5.86. The number of benzene rings is 2. The van der Waals surface area contributed by atoms with Gasteiger partial charge < -0.3 is 15.4 Å². The summed E-state index contributed by atoms with van der Waals surface area (Å²) in [5.41, 5.74) is 2.19. The van der Waals surface area contributed by atoms with Gasteiger partial charge in [-0.1, -0.05) is 23.8 Å². The number of rotatable bonds is 6. The molecule has 0 fully saturated rings. The zero-order chi connectivity index (χ0) is 17.5. The largest absolute Gasteiger partial charge is 0.484 e. The topological polar surface area (TPSA) is 67.4 Å². The molecule has 0 bridgehead atoms. The molecule has 0 aliphatic heterocycles. The molecule has 0 aliphatic carbocycles. The molecular formula is C19H22N2O3. The second kappa shape index (κ2) is 8.15. The van der Waals surface area contributed by atoms with Crippen molar-refractivity contribution in [2.75, 3.05) is 11.9 Å². The van der Waals surface area contributed by atoms with Gasteiger partial charge >= 0.3 is 0 Å². The minimum absolute atomic E-state index is 0.0543. The summed E-state index contributed by atoms with van der Waals surface area (Å²) in [4.78, 5) is 24.0. The van der Waals surface area contributed by atoms with Gasteiger partial charge in [0.2, 0.25) is 0 Å². The Bertz CT molecular complexity index is 709. The third-order valence-electron chi connectivity index (χ3n) is 3.22. The van der Waals surface area contributed by atoms with Crippen LogP contribution in [0, 0.1) is 6.92 Å². The Labute approximate surface area is 142 Å². The van der Waals surface area contributed by atoms with Gasteiger partial charge in [0.25, 0.3) is 11.8 Å². The number of carbonyl (C=O) groups excluding carboxylic acids is 2. The van der Waals surface area contributed by atoms with E-state index in [2.05, 4.69) is 10.6 Å². The molecule has 2 aromatic carbocycles. The van der Waals surface area contributed by atoms with Crippen molar-refractivity contribution >= 4 is 17.5 Å². The average Bonchev–Trinajstić information content (AvgIpc) is 2.54. The highest BCUT2D eigenvalue weighted by Gasteiger charge is 2.09. The maximum absolute atomic E-state index is 12.0. The zero-order valence-corrected chi connectivity index (χ0v) is 14.1. The number of carbonyl (C=O) groups is 2. The Morgan fingerprint density at radius 1 is 1.08 bits per heavy atom. The van der Waals surface area contributed by atoms with E-state index in [1.807, 2.05) is 45.0 Å². The molecular weight excluding hydrogens is 304 g/mol. The van der Waals surface area contributed by atoms with E-state index in [1.165, 1.54) is 0 Å². The molecule has 0 saturated heterocycles. The summed E-state index contributed by atoms with van der Waals surface area (Å²) in [5.74, 6) is 0.190. The zero-order valence-electron chi connectivity index (χ0n) is 14.1. The van der Waals surface area contributed by atoms with E-state index < -0.39 is 0 Å². The van der Waals surface area contributed by atoms with Crippen molar-refractivity contribution in [1.82, 2.24) is 5.32 Å². The predicted octanol–water partition coefficient (Wildman–Crippen LogP) is 3.15. The predicted molar refractivity (Wildman–Crippen MR) is 94.3 cm³/mol. The molecule has 0 saturated carbocycles. The summed E-state index contributed by atoms with van der Waals surface area (Å²) in [6.45, 7) is 5.68. The van der Waals surface area contributed by atoms with Crippen LogP contribution in [0.1, 0.15) is 29.8 Å². The van der Waals surface area contributed by atoms with Gasteiger partial charge in [0.05, 0.1) is 0 Å². The normalized spacial score (nSPS) is 10.3. The molecule has 5 heteroatoms. The molecule has 0 aromatic heterocycles. The average molecular weight is 326 g/mol. The van der Waals surface area contributed by atoms with E-state index in [0.717, 1.165) is 5.56 Å². The van der Waals surface area contributed by atoms with Gasteiger partial charge in [0.1, 0.15) is 5.75 Å². The molecule has 2 aromatic rings. The summed E-state index contributed by atoms with van der Waals surface area (Å²) < 4.78 is 5.43. The quantitative estimate of drug-likeness (QED) is 0.857. The van der Waals surface area contributed by atoms with Gasteiger partial charge in [-0.2, -0.15) is 0 Å². The molecule has 2 N–H and O–H groups in total. The summed E-state index contributed by atoms with van der Waals surface area (Å²) in [6, 6.07) is 14.3. The van der Waals surface area contributed by atoms with Gasteiger partial charge in [0, 0.05) is 17.3 Å². The first-order chi connectivity index (χ1) is 11.4. The minimum atomic E-state index is -0.281. The van der Waals surface area contributed by atoms with Crippen LogP contribution in [0.15, 0.2) is 48.5 Å². The SMILES string of the molecule is Cc1ccc(OCC(=O)Nc2cccc(C(=O)NC(C)C)c2)cc1. The van der Waals surface area contributed by atoms with Crippen LogP contribution in [-0.2, 0) is 4.79 Å². The number of hydrogen-bond acceptors (Lipinski definition) is 3. The van der Waals surface area contributed by atoms with Gasteiger partial charge in [-0.3, -0.25) is 9.59 Å². The molecule has 0 aliphatic rings. The van der Waals surface area contributed by atoms with Gasteiger partial charge in [-0.05, 0) is 51.1 Å². The number of aryl methyl sites for hydroxylation is 1. The van der Waals surface area contributed by atoms with Crippen molar-refractivity contribution in [3.63, 3.8) is 0 Å². The van der Waals surface area contributed by atoms with E-state index in [9.17, 15) is 9.59 Å². The first-order valence-corrected chi connectivity index (χ1v) is 7.84. The van der Waals surface area contributed by atoms with Crippen LogP contribution in [0.3, 0.4) is 0 Å². The summed E-state index contributed by atoms with van der Waals surface area (Å²) in [7, 11) is 0. The first-order valence-electron chi connectivity index (χ1n) is 7.84. The molecule has 0 radical (unpaired) electrons. The molecule has 0 unspecified atom stereocenters. The maximum Gasteiger partial charge on any atom is 0.262 e. The van der Waals surface area contributed by atoms with Crippen LogP contribution in [0.4, 0.5) is 5.69 Å². The van der Waals surface area contributed by atoms with E-state index in [1.54, 1.807) is 24.3 Å². The van der Waals surface area contributed by atoms with Gasteiger partial charge in [0.15, 0.2) is 6.61 Å². The van der Waals surface area contributed by atoms with E-state index >= 15 is 0 Å². The van der Waals surface area contributed by atoms with Crippen LogP contribution in [0.25, 0.3) is 0 Å². The lowest BCUT2D eigenvalue weighted by Crippen LogP contribution is -2.30. The lowest BCUT2D eigenvalue weighted by atomic mass is 10.2. The summed E-state index contributed by atoms with van der Waals surface area (Å²) >= 11 is 0. The molecule has 2 amide bonds. The number of anilines is 1. The Kier molecular flexibility index (Phi) is 5.95. The van der Waals surface area contributed by atoms with Crippen molar-refractivity contribution in [2.45, 2.75) is 26.8 Å². The lowest BCUT2D eigenvalue weighted by Gasteiger charge is -2.11. The standard InChI is InChI=1S/C19H22N2O3/c1-13(2)20-19(23)15-5-4-6-16(11-15)21-18(22)12-24-17-9-7-14(3)8-10-17/h4-11,13H,12H2,1-3H3,(H,20,23)(H,21,22). The Hall–Kier alpha value is -2.82. The monoisotopic (exact) mass is 326 g/mol. The Morgan fingerprint density at radius 2 is 1.79 bits per heavy atom.